The molecule has 26 heavy (non-hydrogen) atoms. The molecule has 1 aliphatic rings. The maximum absolute atomic E-state index is 11.9. The standard InChI is InChI=1S/C18H22BrN5O2/c1-2-26-18(25)12-7-9-24(10-8-12)17-15(20)16(21-11-22-17)23-14-6-4-3-5-13(14)19/h3-6,11-12H,2,7-10,20H2,1H3,(H,21,22,23). The molecule has 8 heteroatoms. The molecule has 0 atom stereocenters. The van der Waals surface area contributed by atoms with Crippen LogP contribution < -0.4 is 16.0 Å². The van der Waals surface area contributed by atoms with E-state index >= 15 is 0 Å². The molecule has 0 amide bonds. The number of hydrogen-bond donors (Lipinski definition) is 2. The van der Waals surface area contributed by atoms with E-state index in [0.717, 1.165) is 23.0 Å². The zero-order chi connectivity index (χ0) is 18.5. The van der Waals surface area contributed by atoms with E-state index in [2.05, 4.69) is 36.1 Å². The van der Waals surface area contributed by atoms with Crippen molar-refractivity contribution in [2.24, 2.45) is 5.92 Å². The number of nitrogens with one attached hydrogen (secondary N) is 1. The number of carbonyl (C=O) groups is 1. The van der Waals surface area contributed by atoms with E-state index < -0.39 is 0 Å². The Morgan fingerprint density at radius 2 is 2.08 bits per heavy atom. The maximum atomic E-state index is 11.9. The van der Waals surface area contributed by atoms with Gasteiger partial charge in [0.15, 0.2) is 11.6 Å². The number of benzene rings is 1. The number of nitrogens with two attached hydrogens (primary N) is 1. The number of hydrogen-bond acceptors (Lipinski definition) is 7. The summed E-state index contributed by atoms with van der Waals surface area (Å²) < 4.78 is 6.05. The van der Waals surface area contributed by atoms with Gasteiger partial charge in [0.2, 0.25) is 0 Å². The van der Waals surface area contributed by atoms with Gasteiger partial charge in [0.1, 0.15) is 12.0 Å². The van der Waals surface area contributed by atoms with Crippen LogP contribution in [0.3, 0.4) is 0 Å². The number of halogens is 1. The van der Waals surface area contributed by atoms with Gasteiger partial charge in [0.25, 0.3) is 0 Å². The number of piperidine rings is 1. The Hall–Kier alpha value is -2.35. The van der Waals surface area contributed by atoms with E-state index in [1.165, 1.54) is 6.33 Å². The van der Waals surface area contributed by atoms with E-state index in [-0.39, 0.29) is 11.9 Å². The highest BCUT2D eigenvalue weighted by atomic mass is 79.9. The number of nitrogen functional groups attached to an aromatic ring is 1. The molecule has 0 bridgehead atoms. The number of carbonyl (C=O) groups excluding carboxylic acids is 1. The second kappa shape index (κ2) is 8.35. The first-order valence-electron chi connectivity index (χ1n) is 8.63. The third-order valence-electron chi connectivity index (χ3n) is 4.40. The highest BCUT2D eigenvalue weighted by Crippen LogP contribution is 2.33. The number of ether oxygens (including phenoxy) is 1. The molecule has 2 aromatic rings. The van der Waals surface area contributed by atoms with Gasteiger partial charge in [-0.1, -0.05) is 12.1 Å². The molecule has 3 rings (SSSR count). The minimum absolute atomic E-state index is 0.0490. The van der Waals surface area contributed by atoms with E-state index in [9.17, 15) is 4.79 Å². The van der Waals surface area contributed by atoms with Crippen molar-refractivity contribution in [3.05, 3.63) is 35.1 Å². The first kappa shape index (κ1) is 18.4. The molecule has 3 N–H and O–H groups in total. The van der Waals surface area contributed by atoms with Crippen LogP contribution in [0.1, 0.15) is 19.8 Å². The minimum Gasteiger partial charge on any atom is -0.466 e. The highest BCUT2D eigenvalue weighted by Gasteiger charge is 2.28. The quantitative estimate of drug-likeness (QED) is 0.717. The van der Waals surface area contributed by atoms with E-state index in [0.29, 0.717) is 37.0 Å². The van der Waals surface area contributed by atoms with Gasteiger partial charge in [-0.15, -0.1) is 0 Å². The van der Waals surface area contributed by atoms with Crippen LogP contribution in [0.25, 0.3) is 0 Å². The Balaban J connectivity index is 1.72. The third kappa shape index (κ3) is 4.07. The van der Waals surface area contributed by atoms with Crippen molar-refractivity contribution in [1.29, 1.82) is 0 Å². The summed E-state index contributed by atoms with van der Waals surface area (Å²) in [7, 11) is 0. The fraction of sp³-hybridized carbons (Fsp3) is 0.389. The van der Waals surface area contributed by atoms with Gasteiger partial charge in [0, 0.05) is 17.6 Å². The molecule has 0 spiro atoms. The first-order valence-corrected chi connectivity index (χ1v) is 9.43. The Labute approximate surface area is 161 Å². The van der Waals surface area contributed by atoms with Crippen molar-refractivity contribution in [3.63, 3.8) is 0 Å². The summed E-state index contributed by atoms with van der Waals surface area (Å²) in [6, 6.07) is 7.76. The average molecular weight is 420 g/mol. The molecule has 2 heterocycles. The zero-order valence-electron chi connectivity index (χ0n) is 14.6. The van der Waals surface area contributed by atoms with Crippen LogP contribution in [0, 0.1) is 5.92 Å². The van der Waals surface area contributed by atoms with Gasteiger partial charge in [0.05, 0.1) is 18.2 Å². The third-order valence-corrected chi connectivity index (χ3v) is 5.10. The second-order valence-corrected chi connectivity index (χ2v) is 6.93. The minimum atomic E-state index is -0.112. The predicted molar refractivity (Wildman–Crippen MR) is 105 cm³/mol. The Bertz CT molecular complexity index is 778. The normalized spacial score (nSPS) is 14.9. The fourth-order valence-corrected chi connectivity index (χ4v) is 3.40. The van der Waals surface area contributed by atoms with Crippen LogP contribution in [0.4, 0.5) is 23.0 Å². The van der Waals surface area contributed by atoms with Crippen LogP contribution in [0.15, 0.2) is 35.1 Å². The summed E-state index contributed by atoms with van der Waals surface area (Å²) in [6.45, 7) is 3.66. The summed E-state index contributed by atoms with van der Waals surface area (Å²) in [5.41, 5.74) is 7.70. The molecule has 0 unspecified atom stereocenters. The lowest BCUT2D eigenvalue weighted by Crippen LogP contribution is -2.37. The number of nitrogens with zero attached hydrogens (tertiary/aromatic N) is 3. The highest BCUT2D eigenvalue weighted by molar-refractivity contribution is 9.10. The summed E-state index contributed by atoms with van der Waals surface area (Å²) in [4.78, 5) is 22.6. The van der Waals surface area contributed by atoms with Crippen LogP contribution in [0.5, 0.6) is 0 Å². The number of esters is 1. The van der Waals surface area contributed by atoms with Gasteiger partial charge < -0.3 is 20.7 Å². The molecular formula is C18H22BrN5O2. The van der Waals surface area contributed by atoms with Gasteiger partial charge >= 0.3 is 5.97 Å². The zero-order valence-corrected chi connectivity index (χ0v) is 16.2. The van der Waals surface area contributed by atoms with E-state index in [1.807, 2.05) is 31.2 Å². The lowest BCUT2D eigenvalue weighted by molar-refractivity contribution is -0.148. The van der Waals surface area contributed by atoms with Gasteiger partial charge in [-0.2, -0.15) is 0 Å². The Kier molecular flexibility index (Phi) is 5.92. The number of para-hydroxylation sites is 1. The van der Waals surface area contributed by atoms with E-state index in [1.54, 1.807) is 0 Å². The molecular weight excluding hydrogens is 398 g/mol. The molecule has 1 aliphatic heterocycles. The summed E-state index contributed by atoms with van der Waals surface area (Å²) >= 11 is 3.51. The molecule has 0 aliphatic carbocycles. The molecule has 0 saturated carbocycles. The summed E-state index contributed by atoms with van der Waals surface area (Å²) in [5, 5.41) is 3.24. The van der Waals surface area contributed by atoms with Crippen molar-refractivity contribution in [2.75, 3.05) is 35.6 Å². The number of rotatable bonds is 5. The molecule has 1 fully saturated rings. The molecule has 7 nitrogen and oxygen atoms in total. The van der Waals surface area contributed by atoms with Gasteiger partial charge in [-0.05, 0) is 47.8 Å². The molecule has 0 radical (unpaired) electrons. The average Bonchev–Trinajstić information content (AvgIpc) is 2.65. The topological polar surface area (TPSA) is 93.4 Å². The van der Waals surface area contributed by atoms with Crippen LogP contribution in [0.2, 0.25) is 0 Å². The van der Waals surface area contributed by atoms with E-state index in [4.69, 9.17) is 10.5 Å². The van der Waals surface area contributed by atoms with Crippen molar-refractivity contribution in [3.8, 4) is 0 Å². The lowest BCUT2D eigenvalue weighted by atomic mass is 9.97. The molecule has 1 aromatic heterocycles. The molecule has 138 valence electrons. The first-order chi connectivity index (χ1) is 12.6. The fourth-order valence-electron chi connectivity index (χ4n) is 3.02. The van der Waals surface area contributed by atoms with Crippen LogP contribution >= 0.6 is 15.9 Å². The smallest absolute Gasteiger partial charge is 0.309 e. The van der Waals surface area contributed by atoms with Crippen molar-refractivity contribution >= 4 is 44.9 Å². The predicted octanol–water partition coefficient (Wildman–Crippen LogP) is 3.34. The SMILES string of the molecule is CCOC(=O)C1CCN(c2ncnc(Nc3ccccc3Br)c2N)CC1. The van der Waals surface area contributed by atoms with Crippen molar-refractivity contribution in [1.82, 2.24) is 9.97 Å². The summed E-state index contributed by atoms with van der Waals surface area (Å²) in [5.74, 6) is 1.09. The Morgan fingerprint density at radius 3 is 2.77 bits per heavy atom. The van der Waals surface area contributed by atoms with Crippen LogP contribution in [-0.4, -0.2) is 35.6 Å². The second-order valence-electron chi connectivity index (χ2n) is 6.08. The van der Waals surface area contributed by atoms with Gasteiger partial charge in [-0.3, -0.25) is 4.79 Å². The van der Waals surface area contributed by atoms with Crippen molar-refractivity contribution in [2.45, 2.75) is 19.8 Å². The van der Waals surface area contributed by atoms with Gasteiger partial charge in [-0.25, -0.2) is 9.97 Å². The largest absolute Gasteiger partial charge is 0.466 e. The lowest BCUT2D eigenvalue weighted by Gasteiger charge is -2.32. The number of aromatic nitrogens is 2. The number of anilines is 4. The van der Waals surface area contributed by atoms with Crippen molar-refractivity contribution < 1.29 is 9.53 Å². The monoisotopic (exact) mass is 419 g/mol. The summed E-state index contributed by atoms with van der Waals surface area (Å²) in [6.07, 6.45) is 2.97. The maximum Gasteiger partial charge on any atom is 0.309 e. The van der Waals surface area contributed by atoms with Crippen LogP contribution in [-0.2, 0) is 9.53 Å². The molecule has 1 aromatic carbocycles. The Morgan fingerprint density at radius 1 is 1.35 bits per heavy atom. The molecule has 1 saturated heterocycles.